The summed E-state index contributed by atoms with van der Waals surface area (Å²) in [5.74, 6) is 2.09. The summed E-state index contributed by atoms with van der Waals surface area (Å²) < 4.78 is 5.20. The third-order valence-electron chi connectivity index (χ3n) is 3.62. The zero-order valence-electron chi connectivity index (χ0n) is 12.5. The van der Waals surface area contributed by atoms with Gasteiger partial charge in [-0.1, -0.05) is 23.9 Å². The average molecular weight is 307 g/mol. The number of methoxy groups -OCH3 is 1. The molecule has 0 bridgehead atoms. The molecule has 1 aromatic rings. The monoisotopic (exact) mass is 307 g/mol. The van der Waals surface area contributed by atoms with Crippen molar-refractivity contribution in [2.24, 2.45) is 5.92 Å². The van der Waals surface area contributed by atoms with Crippen molar-refractivity contribution >= 4 is 22.8 Å². The van der Waals surface area contributed by atoms with Gasteiger partial charge in [-0.2, -0.15) is 0 Å². The van der Waals surface area contributed by atoms with Gasteiger partial charge in [0.05, 0.1) is 7.11 Å². The number of likely N-dealkylation sites (tertiary alicyclic amines) is 1. The fraction of sp³-hybridized carbons (Fsp3) is 0.500. The van der Waals surface area contributed by atoms with Crippen molar-refractivity contribution in [3.8, 4) is 5.75 Å². The molecule has 1 saturated heterocycles. The Bertz CT molecular complexity index is 518. The Labute approximate surface area is 129 Å². The molecule has 1 aliphatic rings. The van der Waals surface area contributed by atoms with Crippen LogP contribution in [0.2, 0.25) is 0 Å². The Morgan fingerprint density at radius 2 is 2.29 bits per heavy atom. The lowest BCUT2D eigenvalue weighted by atomic mass is 10.1. The van der Waals surface area contributed by atoms with E-state index in [9.17, 15) is 9.59 Å². The highest BCUT2D eigenvalue weighted by Gasteiger charge is 2.29. The molecule has 0 N–H and O–H groups in total. The number of rotatable bonds is 6. The molecule has 2 rings (SSSR count). The third kappa shape index (κ3) is 4.77. The van der Waals surface area contributed by atoms with Crippen LogP contribution in [-0.2, 0) is 16.0 Å². The minimum absolute atomic E-state index is 0.122. The molecular weight excluding hydrogens is 286 g/mol. The van der Waals surface area contributed by atoms with Gasteiger partial charge in [0.25, 0.3) is 0 Å². The van der Waals surface area contributed by atoms with Crippen LogP contribution in [-0.4, -0.2) is 41.9 Å². The molecule has 1 aromatic carbocycles. The number of ether oxygens (including phenoxy) is 1. The standard InChI is InChI=1S/C16H21NO3S/c1-12(18)21-11-14-9-16(19)17(10-14)7-6-13-4-3-5-15(8-13)20-2/h3-5,8,14H,6-7,9-11H2,1-2H3. The molecule has 1 fully saturated rings. The summed E-state index contributed by atoms with van der Waals surface area (Å²) in [6.45, 7) is 3.07. The maximum absolute atomic E-state index is 12.0. The van der Waals surface area contributed by atoms with Gasteiger partial charge in [0.1, 0.15) is 5.75 Å². The molecule has 114 valence electrons. The van der Waals surface area contributed by atoms with E-state index in [1.807, 2.05) is 29.2 Å². The summed E-state index contributed by atoms with van der Waals surface area (Å²) in [7, 11) is 1.65. The predicted molar refractivity (Wildman–Crippen MR) is 84.5 cm³/mol. The fourth-order valence-corrected chi connectivity index (χ4v) is 3.20. The third-order valence-corrected chi connectivity index (χ3v) is 4.67. The summed E-state index contributed by atoms with van der Waals surface area (Å²) in [5.41, 5.74) is 1.17. The number of carbonyl (C=O) groups is 2. The lowest BCUT2D eigenvalue weighted by Crippen LogP contribution is -2.27. The highest BCUT2D eigenvalue weighted by atomic mass is 32.2. The number of hydrogen-bond donors (Lipinski definition) is 0. The summed E-state index contributed by atoms with van der Waals surface area (Å²) >= 11 is 1.32. The van der Waals surface area contributed by atoms with Gasteiger partial charge < -0.3 is 9.64 Å². The molecule has 4 nitrogen and oxygen atoms in total. The van der Waals surface area contributed by atoms with Crippen LogP contribution in [0.4, 0.5) is 0 Å². The SMILES string of the molecule is COc1cccc(CCN2CC(CSC(C)=O)CC2=O)c1. The first kappa shape index (κ1) is 15.9. The van der Waals surface area contributed by atoms with Crippen LogP contribution in [0.1, 0.15) is 18.9 Å². The van der Waals surface area contributed by atoms with Gasteiger partial charge in [0.2, 0.25) is 5.91 Å². The van der Waals surface area contributed by atoms with Crippen LogP contribution in [0.15, 0.2) is 24.3 Å². The fourth-order valence-electron chi connectivity index (χ4n) is 2.51. The van der Waals surface area contributed by atoms with Crippen molar-refractivity contribution in [1.29, 1.82) is 0 Å². The molecule has 1 heterocycles. The molecule has 0 aliphatic carbocycles. The first-order valence-corrected chi connectivity index (χ1v) is 8.11. The Balaban J connectivity index is 1.82. The van der Waals surface area contributed by atoms with E-state index in [0.717, 1.165) is 31.0 Å². The van der Waals surface area contributed by atoms with Crippen LogP contribution < -0.4 is 4.74 Å². The Morgan fingerprint density at radius 3 is 3.00 bits per heavy atom. The molecule has 1 atom stereocenters. The number of carbonyl (C=O) groups excluding carboxylic acids is 2. The van der Waals surface area contributed by atoms with Gasteiger partial charge in [0, 0.05) is 32.2 Å². The van der Waals surface area contributed by atoms with E-state index in [1.54, 1.807) is 14.0 Å². The number of thioether (sulfide) groups is 1. The second-order valence-corrected chi connectivity index (χ2v) is 6.51. The largest absolute Gasteiger partial charge is 0.497 e. The Kier molecular flexibility index (Phi) is 5.67. The smallest absolute Gasteiger partial charge is 0.222 e. The normalized spacial score (nSPS) is 18.1. The second kappa shape index (κ2) is 7.50. The molecule has 0 spiro atoms. The zero-order chi connectivity index (χ0) is 15.2. The second-order valence-electron chi connectivity index (χ2n) is 5.31. The quantitative estimate of drug-likeness (QED) is 0.809. The van der Waals surface area contributed by atoms with E-state index in [0.29, 0.717) is 12.3 Å². The lowest BCUT2D eigenvalue weighted by molar-refractivity contribution is -0.127. The van der Waals surface area contributed by atoms with Gasteiger partial charge in [-0.05, 0) is 30.0 Å². The number of hydrogen-bond acceptors (Lipinski definition) is 4. The summed E-state index contributed by atoms with van der Waals surface area (Å²) in [4.78, 5) is 24.9. The van der Waals surface area contributed by atoms with Crippen molar-refractivity contribution in [3.05, 3.63) is 29.8 Å². The highest BCUT2D eigenvalue weighted by Crippen LogP contribution is 2.23. The summed E-state index contributed by atoms with van der Waals surface area (Å²) in [5, 5.41) is 0.122. The van der Waals surface area contributed by atoms with E-state index in [4.69, 9.17) is 4.74 Å². The van der Waals surface area contributed by atoms with Crippen molar-refractivity contribution in [2.45, 2.75) is 19.8 Å². The van der Waals surface area contributed by atoms with Crippen LogP contribution in [0.5, 0.6) is 5.75 Å². The van der Waals surface area contributed by atoms with Crippen LogP contribution in [0, 0.1) is 5.92 Å². The van der Waals surface area contributed by atoms with E-state index in [1.165, 1.54) is 17.3 Å². The molecule has 1 unspecified atom stereocenters. The van der Waals surface area contributed by atoms with Crippen LogP contribution >= 0.6 is 11.8 Å². The Morgan fingerprint density at radius 1 is 1.48 bits per heavy atom. The predicted octanol–water partition coefficient (Wildman–Crippen LogP) is 2.37. The topological polar surface area (TPSA) is 46.6 Å². The van der Waals surface area contributed by atoms with Gasteiger partial charge in [0.15, 0.2) is 5.12 Å². The molecule has 21 heavy (non-hydrogen) atoms. The molecule has 0 radical (unpaired) electrons. The van der Waals surface area contributed by atoms with Gasteiger partial charge in [-0.15, -0.1) is 0 Å². The highest BCUT2D eigenvalue weighted by molar-refractivity contribution is 8.13. The lowest BCUT2D eigenvalue weighted by Gasteiger charge is -2.16. The number of nitrogens with zero attached hydrogens (tertiary/aromatic N) is 1. The van der Waals surface area contributed by atoms with E-state index in [2.05, 4.69) is 0 Å². The molecule has 1 amide bonds. The minimum atomic E-state index is 0.122. The van der Waals surface area contributed by atoms with Crippen molar-refractivity contribution in [3.63, 3.8) is 0 Å². The Hall–Kier alpha value is -1.49. The van der Waals surface area contributed by atoms with Gasteiger partial charge in [-0.3, -0.25) is 9.59 Å². The summed E-state index contributed by atoms with van der Waals surface area (Å²) in [6, 6.07) is 7.93. The maximum Gasteiger partial charge on any atom is 0.222 e. The van der Waals surface area contributed by atoms with Crippen molar-refractivity contribution in [1.82, 2.24) is 4.90 Å². The van der Waals surface area contributed by atoms with E-state index >= 15 is 0 Å². The minimum Gasteiger partial charge on any atom is -0.497 e. The van der Waals surface area contributed by atoms with Crippen LogP contribution in [0.25, 0.3) is 0 Å². The molecule has 0 aromatic heterocycles. The average Bonchev–Trinajstić information content (AvgIpc) is 2.83. The number of amides is 1. The summed E-state index contributed by atoms with van der Waals surface area (Å²) in [6.07, 6.45) is 1.40. The first-order valence-electron chi connectivity index (χ1n) is 7.12. The maximum atomic E-state index is 12.0. The van der Waals surface area contributed by atoms with Gasteiger partial charge >= 0.3 is 0 Å². The molecule has 0 saturated carbocycles. The molecule has 5 heteroatoms. The van der Waals surface area contributed by atoms with Crippen molar-refractivity contribution < 1.29 is 14.3 Å². The van der Waals surface area contributed by atoms with E-state index in [-0.39, 0.29) is 11.0 Å². The molecular formula is C16H21NO3S. The van der Waals surface area contributed by atoms with Crippen molar-refractivity contribution in [2.75, 3.05) is 26.0 Å². The van der Waals surface area contributed by atoms with E-state index < -0.39 is 0 Å². The van der Waals surface area contributed by atoms with Crippen LogP contribution in [0.3, 0.4) is 0 Å². The van der Waals surface area contributed by atoms with Gasteiger partial charge in [-0.25, -0.2) is 0 Å². The first-order chi connectivity index (χ1) is 10.1. The molecule has 1 aliphatic heterocycles. The zero-order valence-corrected chi connectivity index (χ0v) is 13.3. The number of benzene rings is 1.